The number of likely N-dealkylation sites (N-methyl/N-ethyl adjacent to an activating group) is 1. The van der Waals surface area contributed by atoms with Crippen LogP contribution in [0.4, 0.5) is 17.6 Å². The number of carbonyl (C=O) groups is 1. The van der Waals surface area contributed by atoms with E-state index in [0.717, 1.165) is 29.1 Å². The van der Waals surface area contributed by atoms with Crippen LogP contribution in [0.15, 0.2) is 53.6 Å². The first-order valence-corrected chi connectivity index (χ1v) is 9.89. The lowest BCUT2D eigenvalue weighted by Gasteiger charge is -2.18. The number of ether oxygens (including phenoxy) is 1. The van der Waals surface area contributed by atoms with Gasteiger partial charge in [0.15, 0.2) is 5.69 Å². The summed E-state index contributed by atoms with van der Waals surface area (Å²) < 4.78 is 61.7. The summed E-state index contributed by atoms with van der Waals surface area (Å²) in [6.45, 7) is 4.11. The summed E-state index contributed by atoms with van der Waals surface area (Å²) in [5.74, 6) is -4.92. The molecule has 0 aliphatic rings. The summed E-state index contributed by atoms with van der Waals surface area (Å²) in [4.78, 5) is 27.8. The van der Waals surface area contributed by atoms with Crippen molar-refractivity contribution in [3.05, 3.63) is 75.5 Å². The Morgan fingerprint density at radius 1 is 1.31 bits per heavy atom. The Morgan fingerprint density at radius 2 is 1.97 bits per heavy atom. The van der Waals surface area contributed by atoms with Gasteiger partial charge in [0, 0.05) is 30.6 Å². The lowest BCUT2D eigenvalue weighted by molar-refractivity contribution is -0.116. The van der Waals surface area contributed by atoms with Crippen molar-refractivity contribution in [3.63, 3.8) is 0 Å². The van der Waals surface area contributed by atoms with Crippen LogP contribution in [-0.4, -0.2) is 22.5 Å². The van der Waals surface area contributed by atoms with Gasteiger partial charge in [-0.25, -0.2) is 13.8 Å². The zero-order chi connectivity index (χ0) is 24.3. The molecule has 0 fully saturated rings. The molecule has 0 aliphatic carbocycles. The summed E-state index contributed by atoms with van der Waals surface area (Å²) in [7, 11) is 2.65. The lowest BCUT2D eigenvalue weighted by Crippen LogP contribution is -2.26. The molecule has 0 bridgehead atoms. The van der Waals surface area contributed by atoms with E-state index in [2.05, 4.69) is 16.9 Å². The fourth-order valence-corrected chi connectivity index (χ4v) is 2.88. The molecule has 6 nitrogen and oxygen atoms in total. The first-order valence-electron chi connectivity index (χ1n) is 8.93. The SMILES string of the molecule is C=C(/C=C\C(=O)NC)Cn1cnc(C(F)(F)P)c(Oc2cc(Cl)cc(C(C)(F)F)c2)c1=O. The van der Waals surface area contributed by atoms with E-state index in [4.69, 9.17) is 16.3 Å². The van der Waals surface area contributed by atoms with Gasteiger partial charge in [-0.1, -0.05) is 33.5 Å². The van der Waals surface area contributed by atoms with E-state index < -0.39 is 40.1 Å². The Kier molecular flexibility index (Phi) is 7.85. The number of carbonyl (C=O) groups excluding carboxylic acids is 1. The monoisotopic (exact) mass is 491 g/mol. The highest BCUT2D eigenvalue weighted by atomic mass is 35.5. The van der Waals surface area contributed by atoms with E-state index in [-0.39, 0.29) is 22.9 Å². The lowest BCUT2D eigenvalue weighted by atomic mass is 10.1. The fourth-order valence-electron chi connectivity index (χ4n) is 2.45. The maximum atomic E-state index is 14.0. The van der Waals surface area contributed by atoms with E-state index in [9.17, 15) is 27.2 Å². The molecule has 1 aromatic carbocycles. The van der Waals surface area contributed by atoms with E-state index >= 15 is 0 Å². The van der Waals surface area contributed by atoms with Crippen LogP contribution in [0.2, 0.25) is 5.02 Å². The minimum Gasteiger partial charge on any atom is -0.449 e. The number of alkyl halides is 4. The number of aromatic nitrogens is 2. The number of nitrogens with zero attached hydrogens (tertiary/aromatic N) is 2. The van der Waals surface area contributed by atoms with Crippen molar-refractivity contribution in [3.8, 4) is 11.5 Å². The van der Waals surface area contributed by atoms with Crippen molar-refractivity contribution >= 4 is 26.7 Å². The zero-order valence-corrected chi connectivity index (χ0v) is 18.9. The van der Waals surface area contributed by atoms with Gasteiger partial charge < -0.3 is 10.1 Å². The molecular formula is C20H19ClF4N3O3P. The van der Waals surface area contributed by atoms with Gasteiger partial charge in [-0.05, 0) is 23.8 Å². The van der Waals surface area contributed by atoms with Gasteiger partial charge in [-0.3, -0.25) is 14.2 Å². The van der Waals surface area contributed by atoms with Crippen LogP contribution in [0.3, 0.4) is 0 Å². The quantitative estimate of drug-likeness (QED) is 0.254. The summed E-state index contributed by atoms with van der Waals surface area (Å²) in [6.07, 6.45) is 3.36. The number of amides is 1. The number of allylic oxidation sites excluding steroid dienone is 2. The molecule has 0 saturated carbocycles. The van der Waals surface area contributed by atoms with E-state index in [1.165, 1.54) is 28.4 Å². The number of halogens is 5. The highest BCUT2D eigenvalue weighted by molar-refractivity contribution is 7.17. The number of benzene rings is 1. The maximum Gasteiger partial charge on any atom is 0.304 e. The maximum absolute atomic E-state index is 14.0. The Balaban J connectivity index is 2.51. The average molecular weight is 492 g/mol. The van der Waals surface area contributed by atoms with Gasteiger partial charge in [0.05, 0.1) is 12.9 Å². The van der Waals surface area contributed by atoms with Crippen molar-refractivity contribution in [1.29, 1.82) is 0 Å². The van der Waals surface area contributed by atoms with Crippen LogP contribution < -0.4 is 15.6 Å². The number of hydrogen-bond donors (Lipinski definition) is 1. The third kappa shape index (κ3) is 6.64. The van der Waals surface area contributed by atoms with Crippen molar-refractivity contribution in [2.45, 2.75) is 25.1 Å². The molecular weight excluding hydrogens is 473 g/mol. The Bertz CT molecular complexity index is 1120. The fraction of sp³-hybridized carbons (Fsp3) is 0.250. The predicted octanol–water partition coefficient (Wildman–Crippen LogP) is 4.58. The molecule has 1 aromatic heterocycles. The standard InChI is InChI=1S/C20H19ClF4N3O3P/c1-11(4-5-15(29)26-3)9-28-10-27-17(20(24,25)32)16(18(28)30)31-14-7-12(19(2,22)23)6-13(21)8-14/h4-8,10H,1,9,32H2,2-3H3,(H,26,29)/b5-4-. The number of hydrogen-bond acceptors (Lipinski definition) is 4. The first kappa shape index (κ1) is 25.5. The normalized spacial score (nSPS) is 12.1. The molecule has 0 aliphatic heterocycles. The van der Waals surface area contributed by atoms with E-state index in [0.29, 0.717) is 6.92 Å². The molecule has 2 rings (SSSR count). The second-order valence-electron chi connectivity index (χ2n) is 6.75. The summed E-state index contributed by atoms with van der Waals surface area (Å²) in [5, 5.41) is 2.21. The molecule has 172 valence electrons. The molecule has 2 aromatic rings. The molecule has 1 N–H and O–H groups in total. The van der Waals surface area contributed by atoms with Crippen molar-refractivity contribution < 1.29 is 27.1 Å². The Hall–Kier alpha value is -2.71. The first-order chi connectivity index (χ1) is 14.7. The highest BCUT2D eigenvalue weighted by Gasteiger charge is 2.34. The van der Waals surface area contributed by atoms with Gasteiger partial charge >= 0.3 is 5.66 Å². The van der Waals surface area contributed by atoms with Crippen molar-refractivity contribution in [2.75, 3.05) is 7.05 Å². The smallest absolute Gasteiger partial charge is 0.304 e. The zero-order valence-electron chi connectivity index (χ0n) is 17.0. The van der Waals surface area contributed by atoms with Crippen molar-refractivity contribution in [1.82, 2.24) is 14.9 Å². The molecule has 0 spiro atoms. The average Bonchev–Trinajstić information content (AvgIpc) is 2.67. The van der Waals surface area contributed by atoms with Crippen molar-refractivity contribution in [2.24, 2.45) is 0 Å². The second kappa shape index (κ2) is 9.83. The highest BCUT2D eigenvalue weighted by Crippen LogP contribution is 2.40. The van der Waals surface area contributed by atoms with Gasteiger partial charge in [-0.2, -0.15) is 8.78 Å². The topological polar surface area (TPSA) is 73.2 Å². The molecule has 12 heteroatoms. The van der Waals surface area contributed by atoms with Gasteiger partial charge in [-0.15, -0.1) is 0 Å². The van der Waals surface area contributed by atoms with Gasteiger partial charge in [0.1, 0.15) is 5.75 Å². The number of rotatable bonds is 8. The number of nitrogens with one attached hydrogen (secondary N) is 1. The van der Waals surface area contributed by atoms with Gasteiger partial charge in [0.2, 0.25) is 11.7 Å². The molecule has 1 heterocycles. The summed E-state index contributed by atoms with van der Waals surface area (Å²) >= 11 is 5.85. The van der Waals surface area contributed by atoms with E-state index in [1.807, 2.05) is 0 Å². The van der Waals surface area contributed by atoms with Crippen LogP contribution in [0.5, 0.6) is 11.5 Å². The predicted molar refractivity (Wildman–Crippen MR) is 116 cm³/mol. The molecule has 1 unspecified atom stereocenters. The molecule has 32 heavy (non-hydrogen) atoms. The molecule has 0 radical (unpaired) electrons. The molecule has 1 amide bonds. The van der Waals surface area contributed by atoms with E-state index in [1.54, 1.807) is 0 Å². The Labute approximate surface area is 188 Å². The third-order valence-electron chi connectivity index (χ3n) is 4.00. The van der Waals surface area contributed by atoms with Crippen LogP contribution in [0.25, 0.3) is 0 Å². The molecule has 0 saturated heterocycles. The minimum absolute atomic E-state index is 0.143. The third-order valence-corrected chi connectivity index (χ3v) is 4.49. The molecule has 1 atom stereocenters. The largest absolute Gasteiger partial charge is 0.449 e. The second-order valence-corrected chi connectivity index (χ2v) is 7.91. The van der Waals surface area contributed by atoms with Crippen LogP contribution >= 0.6 is 20.8 Å². The van der Waals surface area contributed by atoms with Crippen LogP contribution in [0.1, 0.15) is 18.2 Å². The summed E-state index contributed by atoms with van der Waals surface area (Å²) in [5.41, 5.74) is -5.93. The van der Waals surface area contributed by atoms with Crippen LogP contribution in [-0.2, 0) is 22.9 Å². The van der Waals surface area contributed by atoms with Gasteiger partial charge in [0.25, 0.3) is 11.5 Å². The Morgan fingerprint density at radius 3 is 2.53 bits per heavy atom. The van der Waals surface area contributed by atoms with Crippen LogP contribution in [0, 0.1) is 0 Å². The minimum atomic E-state index is -3.65. The summed E-state index contributed by atoms with van der Waals surface area (Å²) in [6, 6.07) is 2.98.